The van der Waals surface area contributed by atoms with Crippen molar-refractivity contribution < 1.29 is 0 Å². The fourth-order valence-corrected chi connectivity index (χ4v) is 2.06. The molecule has 0 unspecified atom stereocenters. The fourth-order valence-electron chi connectivity index (χ4n) is 2.06. The molecule has 0 saturated carbocycles. The predicted octanol–water partition coefficient (Wildman–Crippen LogP) is 4.65. The zero-order chi connectivity index (χ0) is 13.1. The normalized spacial score (nSPS) is 10.1. The highest BCUT2D eigenvalue weighted by Crippen LogP contribution is 2.27. The van der Waals surface area contributed by atoms with Gasteiger partial charge in [-0.1, -0.05) is 55.1 Å². The Morgan fingerprint density at radius 3 is 2.11 bits per heavy atom. The number of hydrogen-bond acceptors (Lipinski definition) is 1. The molecule has 0 spiro atoms. The Morgan fingerprint density at radius 1 is 0.944 bits per heavy atom. The first-order valence-corrected chi connectivity index (χ1v) is 5.99. The predicted molar refractivity (Wildman–Crippen MR) is 79.3 cm³/mol. The molecule has 0 aliphatic rings. The molecule has 1 heteroatoms. The average molecular weight is 235 g/mol. The summed E-state index contributed by atoms with van der Waals surface area (Å²) < 4.78 is 0. The Morgan fingerprint density at radius 2 is 1.56 bits per heavy atom. The van der Waals surface area contributed by atoms with Crippen molar-refractivity contribution in [2.75, 3.05) is 0 Å². The summed E-state index contributed by atoms with van der Waals surface area (Å²) in [6.45, 7) is 11.9. The van der Waals surface area contributed by atoms with Crippen molar-refractivity contribution in [2.24, 2.45) is 0 Å². The lowest BCUT2D eigenvalue weighted by Crippen LogP contribution is -1.95. The summed E-state index contributed by atoms with van der Waals surface area (Å²) in [6, 6.07) is 8.37. The molecule has 0 N–H and O–H groups in total. The summed E-state index contributed by atoms with van der Waals surface area (Å²) in [5, 5.41) is 0. The van der Waals surface area contributed by atoms with Gasteiger partial charge in [-0.15, -0.1) is 0 Å². The first-order chi connectivity index (χ1) is 8.67. The standard InChI is InChI=1S/C17H17N/c1-5-15-13(4)11-18-17(16(15)6-2)14-9-7-12(3)8-10-14/h5-11H,1-2H2,3-4H3. The van der Waals surface area contributed by atoms with Crippen LogP contribution in [0.25, 0.3) is 23.4 Å². The van der Waals surface area contributed by atoms with Crippen molar-refractivity contribution in [1.82, 2.24) is 4.98 Å². The van der Waals surface area contributed by atoms with Crippen molar-refractivity contribution in [3.8, 4) is 11.3 Å². The van der Waals surface area contributed by atoms with E-state index in [-0.39, 0.29) is 0 Å². The van der Waals surface area contributed by atoms with E-state index in [1.807, 2.05) is 25.3 Å². The third kappa shape index (κ3) is 2.12. The van der Waals surface area contributed by atoms with Gasteiger partial charge in [0.2, 0.25) is 0 Å². The molecule has 0 bridgehead atoms. The summed E-state index contributed by atoms with van der Waals surface area (Å²) in [6.07, 6.45) is 5.61. The van der Waals surface area contributed by atoms with Crippen LogP contribution in [0.3, 0.4) is 0 Å². The molecule has 18 heavy (non-hydrogen) atoms. The van der Waals surface area contributed by atoms with Gasteiger partial charge in [-0.05, 0) is 25.0 Å². The topological polar surface area (TPSA) is 12.9 Å². The van der Waals surface area contributed by atoms with Gasteiger partial charge in [0.25, 0.3) is 0 Å². The van der Waals surface area contributed by atoms with E-state index in [1.165, 1.54) is 5.56 Å². The number of nitrogens with zero attached hydrogens (tertiary/aromatic N) is 1. The molecule has 0 amide bonds. The molecular formula is C17H17N. The van der Waals surface area contributed by atoms with E-state index >= 15 is 0 Å². The van der Waals surface area contributed by atoms with Gasteiger partial charge in [-0.3, -0.25) is 4.98 Å². The van der Waals surface area contributed by atoms with Crippen LogP contribution in [0.2, 0.25) is 0 Å². The van der Waals surface area contributed by atoms with E-state index in [0.29, 0.717) is 0 Å². The molecule has 1 aromatic carbocycles. The van der Waals surface area contributed by atoms with Gasteiger partial charge in [0, 0.05) is 17.3 Å². The van der Waals surface area contributed by atoms with Gasteiger partial charge in [0.05, 0.1) is 5.69 Å². The SMILES string of the molecule is C=Cc1c(C)cnc(-c2ccc(C)cc2)c1C=C. The Bertz CT molecular complexity index is 592. The molecule has 0 atom stereocenters. The van der Waals surface area contributed by atoms with E-state index in [4.69, 9.17) is 0 Å². The maximum atomic E-state index is 4.54. The molecule has 2 rings (SSSR count). The van der Waals surface area contributed by atoms with Gasteiger partial charge >= 0.3 is 0 Å². The summed E-state index contributed by atoms with van der Waals surface area (Å²) in [4.78, 5) is 4.54. The lowest BCUT2D eigenvalue weighted by molar-refractivity contribution is 1.25. The van der Waals surface area contributed by atoms with Crippen LogP contribution in [0.5, 0.6) is 0 Å². The number of aryl methyl sites for hydroxylation is 2. The summed E-state index contributed by atoms with van der Waals surface area (Å²) in [5.74, 6) is 0. The van der Waals surface area contributed by atoms with E-state index in [0.717, 1.165) is 27.9 Å². The van der Waals surface area contributed by atoms with E-state index in [2.05, 4.69) is 49.3 Å². The minimum Gasteiger partial charge on any atom is -0.255 e. The molecule has 2 aromatic rings. The Kier molecular flexibility index (Phi) is 3.42. The van der Waals surface area contributed by atoms with Crippen LogP contribution in [0.4, 0.5) is 0 Å². The fraction of sp³-hybridized carbons (Fsp3) is 0.118. The monoisotopic (exact) mass is 235 g/mol. The molecule has 0 saturated heterocycles. The Balaban J connectivity index is 2.68. The number of aromatic nitrogens is 1. The smallest absolute Gasteiger partial charge is 0.0780 e. The quantitative estimate of drug-likeness (QED) is 0.754. The molecule has 0 radical (unpaired) electrons. The van der Waals surface area contributed by atoms with Crippen molar-refractivity contribution in [3.05, 3.63) is 65.9 Å². The number of rotatable bonds is 3. The van der Waals surface area contributed by atoms with E-state index in [9.17, 15) is 0 Å². The summed E-state index contributed by atoms with van der Waals surface area (Å²) >= 11 is 0. The van der Waals surface area contributed by atoms with Crippen molar-refractivity contribution in [2.45, 2.75) is 13.8 Å². The lowest BCUT2D eigenvalue weighted by Gasteiger charge is -2.11. The summed E-state index contributed by atoms with van der Waals surface area (Å²) in [5.41, 5.74) is 6.60. The van der Waals surface area contributed by atoms with Crippen LogP contribution < -0.4 is 0 Å². The Hall–Kier alpha value is -2.15. The second kappa shape index (κ2) is 5.01. The first kappa shape index (κ1) is 12.3. The van der Waals surface area contributed by atoms with E-state index in [1.54, 1.807) is 0 Å². The summed E-state index contributed by atoms with van der Waals surface area (Å²) in [7, 11) is 0. The third-order valence-corrected chi connectivity index (χ3v) is 3.09. The maximum Gasteiger partial charge on any atom is 0.0780 e. The van der Waals surface area contributed by atoms with Gasteiger partial charge in [0.1, 0.15) is 0 Å². The molecule has 0 aliphatic carbocycles. The van der Waals surface area contributed by atoms with Crippen LogP contribution in [0, 0.1) is 13.8 Å². The molecular weight excluding hydrogens is 218 g/mol. The van der Waals surface area contributed by atoms with Crippen LogP contribution in [0.15, 0.2) is 43.6 Å². The second-order valence-corrected chi connectivity index (χ2v) is 4.39. The highest BCUT2D eigenvalue weighted by atomic mass is 14.7. The molecule has 0 aliphatic heterocycles. The maximum absolute atomic E-state index is 4.54. The minimum absolute atomic E-state index is 0.963. The molecule has 90 valence electrons. The number of pyridine rings is 1. The third-order valence-electron chi connectivity index (χ3n) is 3.09. The zero-order valence-electron chi connectivity index (χ0n) is 10.9. The van der Waals surface area contributed by atoms with Crippen LogP contribution in [0.1, 0.15) is 22.3 Å². The second-order valence-electron chi connectivity index (χ2n) is 4.39. The minimum atomic E-state index is 0.963. The molecule has 1 aromatic heterocycles. The Labute approximate surface area is 109 Å². The van der Waals surface area contributed by atoms with Crippen molar-refractivity contribution >= 4 is 12.2 Å². The molecule has 1 nitrogen and oxygen atoms in total. The average Bonchev–Trinajstić information content (AvgIpc) is 2.39. The van der Waals surface area contributed by atoms with Crippen LogP contribution in [-0.4, -0.2) is 4.98 Å². The number of benzene rings is 1. The largest absolute Gasteiger partial charge is 0.255 e. The van der Waals surface area contributed by atoms with Gasteiger partial charge in [-0.25, -0.2) is 0 Å². The van der Waals surface area contributed by atoms with Crippen molar-refractivity contribution in [1.29, 1.82) is 0 Å². The van der Waals surface area contributed by atoms with E-state index < -0.39 is 0 Å². The number of hydrogen-bond donors (Lipinski definition) is 0. The van der Waals surface area contributed by atoms with Crippen LogP contribution >= 0.6 is 0 Å². The zero-order valence-corrected chi connectivity index (χ0v) is 10.9. The van der Waals surface area contributed by atoms with Gasteiger partial charge in [0.15, 0.2) is 0 Å². The highest BCUT2D eigenvalue weighted by molar-refractivity contribution is 5.78. The van der Waals surface area contributed by atoms with Gasteiger partial charge in [-0.2, -0.15) is 0 Å². The van der Waals surface area contributed by atoms with Crippen LogP contribution in [-0.2, 0) is 0 Å². The molecule has 1 heterocycles. The molecule has 0 fully saturated rings. The van der Waals surface area contributed by atoms with Gasteiger partial charge < -0.3 is 0 Å². The lowest BCUT2D eigenvalue weighted by atomic mass is 9.97. The van der Waals surface area contributed by atoms with Crippen molar-refractivity contribution in [3.63, 3.8) is 0 Å². The first-order valence-electron chi connectivity index (χ1n) is 5.99. The highest BCUT2D eigenvalue weighted by Gasteiger charge is 2.09.